The highest BCUT2D eigenvalue weighted by atomic mass is 32.2. The fourth-order valence-corrected chi connectivity index (χ4v) is 3.95. The molecule has 1 aromatic carbocycles. The number of rotatable bonds is 3. The number of hydrogen-bond acceptors (Lipinski definition) is 6. The van der Waals surface area contributed by atoms with Crippen LogP contribution in [0.25, 0.3) is 0 Å². The number of anilines is 1. The molecule has 0 aliphatic heterocycles. The molecule has 0 unspecified atom stereocenters. The Bertz CT molecular complexity index is 883. The molecule has 1 aromatic heterocycles. The highest BCUT2D eigenvalue weighted by Crippen LogP contribution is 2.29. The van der Waals surface area contributed by atoms with Crippen LogP contribution in [0.1, 0.15) is 38.6 Å². The molecule has 0 fully saturated rings. The summed E-state index contributed by atoms with van der Waals surface area (Å²) in [7, 11) is -3.29. The minimum atomic E-state index is -3.29. The number of fused-ring (bicyclic) bond motifs is 1. The average Bonchev–Trinajstić information content (AvgIpc) is 2.90. The summed E-state index contributed by atoms with van der Waals surface area (Å²) >= 11 is 1.19. The van der Waals surface area contributed by atoms with Gasteiger partial charge in [0.1, 0.15) is 0 Å². The summed E-state index contributed by atoms with van der Waals surface area (Å²) < 4.78 is 22.8. The van der Waals surface area contributed by atoms with Crippen LogP contribution in [-0.2, 0) is 16.3 Å². The van der Waals surface area contributed by atoms with Gasteiger partial charge in [-0.3, -0.25) is 14.9 Å². The lowest BCUT2D eigenvalue weighted by Crippen LogP contribution is -2.12. The minimum absolute atomic E-state index is 0.0711. The summed E-state index contributed by atoms with van der Waals surface area (Å²) in [5.74, 6) is -0.314. The molecule has 1 N–H and O–H groups in total. The first-order chi connectivity index (χ1) is 10.8. The van der Waals surface area contributed by atoms with Crippen molar-refractivity contribution < 1.29 is 18.0 Å². The van der Waals surface area contributed by atoms with Gasteiger partial charge in [-0.15, -0.1) is 0 Å². The lowest BCUT2D eigenvalue weighted by Gasteiger charge is -2.05. The van der Waals surface area contributed by atoms with Crippen molar-refractivity contribution in [3.05, 3.63) is 40.4 Å². The van der Waals surface area contributed by atoms with Crippen LogP contribution in [0.15, 0.2) is 29.2 Å². The van der Waals surface area contributed by atoms with Crippen molar-refractivity contribution >= 4 is 38.0 Å². The number of nitrogens with zero attached hydrogens (tertiary/aromatic N) is 1. The predicted octanol–water partition coefficient (Wildman–Crippen LogP) is 2.32. The van der Waals surface area contributed by atoms with Gasteiger partial charge in [0.15, 0.2) is 20.8 Å². The van der Waals surface area contributed by atoms with E-state index in [4.69, 9.17) is 0 Å². The van der Waals surface area contributed by atoms with E-state index in [9.17, 15) is 18.0 Å². The second kappa shape index (κ2) is 5.86. The van der Waals surface area contributed by atoms with Gasteiger partial charge in [-0.25, -0.2) is 13.4 Å². The van der Waals surface area contributed by atoms with E-state index < -0.39 is 9.84 Å². The fraction of sp³-hybridized carbons (Fsp3) is 0.267. The molecule has 0 bridgehead atoms. The number of ketones is 1. The molecule has 8 heteroatoms. The number of thiazole rings is 1. The van der Waals surface area contributed by atoms with Gasteiger partial charge in [0.25, 0.3) is 5.91 Å². The topological polar surface area (TPSA) is 93.2 Å². The van der Waals surface area contributed by atoms with Crippen LogP contribution in [0.2, 0.25) is 0 Å². The fourth-order valence-electron chi connectivity index (χ4n) is 2.35. The molecule has 6 nitrogen and oxygen atoms in total. The van der Waals surface area contributed by atoms with Crippen LogP contribution in [0, 0.1) is 0 Å². The van der Waals surface area contributed by atoms with Crippen molar-refractivity contribution in [3.63, 3.8) is 0 Å². The molecule has 0 spiro atoms. The average molecular weight is 350 g/mol. The van der Waals surface area contributed by atoms with Crippen LogP contribution in [-0.4, -0.2) is 31.3 Å². The number of Topliss-reactive ketones (excluding diaryl/α,β-unsaturated/α-hetero) is 1. The zero-order chi connectivity index (χ0) is 16.6. The second-order valence-electron chi connectivity index (χ2n) is 5.32. The molecule has 0 saturated carbocycles. The number of amides is 1. The first kappa shape index (κ1) is 15.8. The predicted molar refractivity (Wildman–Crippen MR) is 86.9 cm³/mol. The first-order valence-corrected chi connectivity index (χ1v) is 9.70. The Morgan fingerprint density at radius 3 is 2.52 bits per heavy atom. The van der Waals surface area contributed by atoms with Gasteiger partial charge in [0.2, 0.25) is 0 Å². The Hall–Kier alpha value is -2.06. The van der Waals surface area contributed by atoms with Gasteiger partial charge in [0.05, 0.1) is 15.5 Å². The van der Waals surface area contributed by atoms with E-state index in [1.165, 1.54) is 35.6 Å². The van der Waals surface area contributed by atoms with Crippen LogP contribution >= 0.6 is 11.3 Å². The quantitative estimate of drug-likeness (QED) is 0.917. The van der Waals surface area contributed by atoms with Crippen LogP contribution in [0.4, 0.5) is 5.13 Å². The minimum Gasteiger partial charge on any atom is -0.298 e. The van der Waals surface area contributed by atoms with Gasteiger partial charge in [-0.2, -0.15) is 0 Å². The third kappa shape index (κ3) is 3.32. The van der Waals surface area contributed by atoms with Crippen molar-refractivity contribution in [2.45, 2.75) is 24.2 Å². The van der Waals surface area contributed by atoms with Gasteiger partial charge in [-0.1, -0.05) is 11.3 Å². The molecule has 0 atom stereocenters. The Morgan fingerprint density at radius 2 is 1.91 bits per heavy atom. The molecule has 23 heavy (non-hydrogen) atoms. The number of carbonyl (C=O) groups is 2. The molecule has 1 aliphatic carbocycles. The van der Waals surface area contributed by atoms with E-state index in [0.29, 0.717) is 22.0 Å². The van der Waals surface area contributed by atoms with Gasteiger partial charge < -0.3 is 0 Å². The summed E-state index contributed by atoms with van der Waals surface area (Å²) in [5.41, 5.74) is 1.07. The van der Waals surface area contributed by atoms with E-state index in [1.807, 2.05) is 0 Å². The highest BCUT2D eigenvalue weighted by molar-refractivity contribution is 7.90. The Balaban J connectivity index is 1.78. The van der Waals surface area contributed by atoms with Gasteiger partial charge >= 0.3 is 0 Å². The van der Waals surface area contributed by atoms with Crippen LogP contribution < -0.4 is 5.32 Å². The number of aryl methyl sites for hydroxylation is 1. The molecular formula is C15H14N2O4S2. The third-order valence-electron chi connectivity index (χ3n) is 3.53. The van der Waals surface area contributed by atoms with Gasteiger partial charge in [0, 0.05) is 18.2 Å². The van der Waals surface area contributed by atoms with Crippen molar-refractivity contribution in [1.82, 2.24) is 4.98 Å². The lowest BCUT2D eigenvalue weighted by atomic mass is 10.0. The normalized spacial score (nSPS) is 14.4. The summed E-state index contributed by atoms with van der Waals surface area (Å²) in [6.45, 7) is 0. The highest BCUT2D eigenvalue weighted by Gasteiger charge is 2.23. The molecular weight excluding hydrogens is 336 g/mol. The molecule has 0 radical (unpaired) electrons. The van der Waals surface area contributed by atoms with E-state index >= 15 is 0 Å². The smallest absolute Gasteiger partial charge is 0.257 e. The summed E-state index contributed by atoms with van der Waals surface area (Å²) in [4.78, 5) is 29.1. The summed E-state index contributed by atoms with van der Waals surface area (Å²) in [6.07, 6.45) is 3.17. The SMILES string of the molecule is CS(=O)(=O)c1ccc(C(=O)Nc2nc3c(s2)C(=O)CCC3)cc1. The number of nitrogens with one attached hydrogen (secondary N) is 1. The molecule has 120 valence electrons. The van der Waals surface area contributed by atoms with Crippen molar-refractivity contribution in [2.75, 3.05) is 11.6 Å². The molecule has 1 heterocycles. The second-order valence-corrected chi connectivity index (χ2v) is 8.34. The monoisotopic (exact) mass is 350 g/mol. The standard InChI is InChI=1S/C15H14N2O4S2/c1-23(20,21)10-7-5-9(6-8-10)14(19)17-15-16-11-3-2-4-12(18)13(11)22-15/h5-8H,2-4H2,1H3,(H,16,17,19). The van der Waals surface area contributed by atoms with E-state index in [2.05, 4.69) is 10.3 Å². The number of carbonyl (C=O) groups excluding carboxylic acids is 2. The summed E-state index contributed by atoms with van der Waals surface area (Å²) in [5, 5.41) is 3.05. The van der Waals surface area contributed by atoms with E-state index in [0.717, 1.165) is 24.8 Å². The van der Waals surface area contributed by atoms with Crippen molar-refractivity contribution in [2.24, 2.45) is 0 Å². The molecule has 3 rings (SSSR count). The van der Waals surface area contributed by atoms with Crippen LogP contribution in [0.5, 0.6) is 0 Å². The maximum atomic E-state index is 12.2. The van der Waals surface area contributed by atoms with Crippen molar-refractivity contribution in [1.29, 1.82) is 0 Å². The zero-order valence-corrected chi connectivity index (χ0v) is 14.0. The molecule has 1 aliphatic rings. The van der Waals surface area contributed by atoms with Gasteiger partial charge in [-0.05, 0) is 37.1 Å². The lowest BCUT2D eigenvalue weighted by molar-refractivity contribution is 0.0975. The largest absolute Gasteiger partial charge is 0.298 e. The number of hydrogen-bond donors (Lipinski definition) is 1. The molecule has 2 aromatic rings. The molecule has 0 saturated heterocycles. The number of aromatic nitrogens is 1. The van der Waals surface area contributed by atoms with E-state index in [-0.39, 0.29) is 16.6 Å². The first-order valence-electron chi connectivity index (χ1n) is 6.99. The maximum absolute atomic E-state index is 12.2. The Labute approximate surface area is 137 Å². The van der Waals surface area contributed by atoms with E-state index in [1.54, 1.807) is 0 Å². The number of benzene rings is 1. The van der Waals surface area contributed by atoms with Crippen LogP contribution in [0.3, 0.4) is 0 Å². The Morgan fingerprint density at radius 1 is 1.22 bits per heavy atom. The Kier molecular flexibility index (Phi) is 4.03. The maximum Gasteiger partial charge on any atom is 0.257 e. The zero-order valence-electron chi connectivity index (χ0n) is 12.3. The third-order valence-corrected chi connectivity index (χ3v) is 5.72. The molecule has 1 amide bonds. The number of sulfone groups is 1. The summed E-state index contributed by atoms with van der Waals surface area (Å²) in [6, 6.07) is 5.68. The van der Waals surface area contributed by atoms with Crippen molar-refractivity contribution in [3.8, 4) is 0 Å².